The first kappa shape index (κ1) is 15.7. The van der Waals surface area contributed by atoms with Gasteiger partial charge >= 0.3 is 0 Å². The fraction of sp³-hybridized carbons (Fsp3) is 0.923. The van der Waals surface area contributed by atoms with Crippen LogP contribution in [0.4, 0.5) is 0 Å². The van der Waals surface area contributed by atoms with E-state index in [9.17, 15) is 13.2 Å². The van der Waals surface area contributed by atoms with Crippen molar-refractivity contribution in [2.75, 3.05) is 31.9 Å². The molecule has 0 aromatic heterocycles. The highest BCUT2D eigenvalue weighted by Gasteiger charge is 2.21. The molecule has 6 nitrogen and oxygen atoms in total. The summed E-state index contributed by atoms with van der Waals surface area (Å²) >= 11 is 0. The highest BCUT2D eigenvalue weighted by atomic mass is 32.2. The van der Waals surface area contributed by atoms with Crippen molar-refractivity contribution in [3.63, 3.8) is 0 Å². The lowest BCUT2D eigenvalue weighted by Gasteiger charge is -2.25. The van der Waals surface area contributed by atoms with Crippen LogP contribution < -0.4 is 15.4 Å². The second-order valence-corrected chi connectivity index (χ2v) is 7.81. The number of rotatable bonds is 10. The molecule has 2 aliphatic rings. The molecule has 0 atom stereocenters. The third kappa shape index (κ3) is 6.19. The van der Waals surface area contributed by atoms with Crippen LogP contribution in [0.15, 0.2) is 0 Å². The maximum Gasteiger partial charge on any atom is 0.233 e. The average molecular weight is 303 g/mol. The van der Waals surface area contributed by atoms with Crippen molar-refractivity contribution in [1.29, 1.82) is 0 Å². The normalized spacial score (nSPS) is 19.6. The summed E-state index contributed by atoms with van der Waals surface area (Å²) in [4.78, 5) is 11.5. The summed E-state index contributed by atoms with van der Waals surface area (Å²) in [5.74, 6) is 1.05. The Morgan fingerprint density at radius 3 is 2.35 bits per heavy atom. The van der Waals surface area contributed by atoms with E-state index in [0.29, 0.717) is 12.5 Å². The van der Waals surface area contributed by atoms with E-state index in [1.54, 1.807) is 0 Å². The zero-order chi connectivity index (χ0) is 14.4. The molecule has 2 aliphatic carbocycles. The molecular formula is C13H25N3O3S. The number of carbonyl (C=O) groups excluding carboxylic acids is 1. The highest BCUT2D eigenvalue weighted by Crippen LogP contribution is 2.27. The van der Waals surface area contributed by atoms with Crippen molar-refractivity contribution in [2.45, 2.75) is 32.1 Å². The van der Waals surface area contributed by atoms with Gasteiger partial charge in [0.25, 0.3) is 0 Å². The van der Waals surface area contributed by atoms with Gasteiger partial charge in [0.1, 0.15) is 0 Å². The Morgan fingerprint density at radius 1 is 1.05 bits per heavy atom. The standard InChI is InChI=1S/C13H25N3O3S/c17-13(10-14-8-12-4-5-12)15-6-7-20(18,19)16-9-11-2-1-3-11/h11-12,14,16H,1-10H2,(H,15,17). The van der Waals surface area contributed by atoms with Crippen molar-refractivity contribution >= 4 is 15.9 Å². The highest BCUT2D eigenvalue weighted by molar-refractivity contribution is 7.89. The molecule has 7 heteroatoms. The van der Waals surface area contributed by atoms with Crippen LogP contribution in [0.1, 0.15) is 32.1 Å². The number of carbonyl (C=O) groups is 1. The van der Waals surface area contributed by atoms with Crippen LogP contribution in [0.25, 0.3) is 0 Å². The Kier molecular flexibility index (Phi) is 5.80. The molecule has 0 radical (unpaired) electrons. The molecule has 2 saturated carbocycles. The van der Waals surface area contributed by atoms with Gasteiger partial charge < -0.3 is 10.6 Å². The van der Waals surface area contributed by atoms with E-state index < -0.39 is 10.0 Å². The lowest BCUT2D eigenvalue weighted by molar-refractivity contribution is -0.120. The van der Waals surface area contributed by atoms with Gasteiger partial charge in [-0.25, -0.2) is 13.1 Å². The van der Waals surface area contributed by atoms with Crippen LogP contribution in [0.5, 0.6) is 0 Å². The summed E-state index contributed by atoms with van der Waals surface area (Å²) < 4.78 is 26.0. The summed E-state index contributed by atoms with van der Waals surface area (Å²) in [6, 6.07) is 0. The SMILES string of the molecule is O=C(CNCC1CC1)NCCS(=O)(=O)NCC1CCC1. The number of amides is 1. The van der Waals surface area contributed by atoms with Gasteiger partial charge in [0, 0.05) is 13.1 Å². The van der Waals surface area contributed by atoms with E-state index in [-0.39, 0.29) is 24.7 Å². The van der Waals surface area contributed by atoms with E-state index in [0.717, 1.165) is 25.3 Å². The minimum atomic E-state index is -3.26. The van der Waals surface area contributed by atoms with Gasteiger partial charge in [-0.2, -0.15) is 0 Å². The maximum atomic E-state index is 11.7. The lowest BCUT2D eigenvalue weighted by atomic mass is 9.86. The minimum Gasteiger partial charge on any atom is -0.354 e. The van der Waals surface area contributed by atoms with Crippen LogP contribution in [0.3, 0.4) is 0 Å². The zero-order valence-corrected chi connectivity index (χ0v) is 12.7. The first-order valence-electron chi connectivity index (χ1n) is 7.50. The van der Waals surface area contributed by atoms with Crippen molar-refractivity contribution in [3.8, 4) is 0 Å². The molecule has 2 rings (SSSR count). The molecule has 0 heterocycles. The lowest BCUT2D eigenvalue weighted by Crippen LogP contribution is -2.40. The van der Waals surface area contributed by atoms with Gasteiger partial charge in [-0.1, -0.05) is 6.42 Å². The Balaban J connectivity index is 1.50. The molecule has 0 bridgehead atoms. The zero-order valence-electron chi connectivity index (χ0n) is 11.9. The molecule has 3 N–H and O–H groups in total. The molecule has 2 fully saturated rings. The minimum absolute atomic E-state index is 0.0475. The molecule has 0 unspecified atom stereocenters. The summed E-state index contributed by atoms with van der Waals surface area (Å²) in [5.41, 5.74) is 0. The quantitative estimate of drug-likeness (QED) is 0.522. The Bertz CT molecular complexity index is 417. The molecule has 20 heavy (non-hydrogen) atoms. The van der Waals surface area contributed by atoms with Crippen LogP contribution >= 0.6 is 0 Å². The van der Waals surface area contributed by atoms with Gasteiger partial charge in [-0.15, -0.1) is 0 Å². The molecule has 0 saturated heterocycles. The topological polar surface area (TPSA) is 87.3 Å². The second-order valence-electron chi connectivity index (χ2n) is 5.89. The number of sulfonamides is 1. The molecule has 0 aromatic carbocycles. The molecule has 0 aromatic rings. The van der Waals surface area contributed by atoms with Crippen molar-refractivity contribution in [3.05, 3.63) is 0 Å². The molecule has 0 spiro atoms. The molecule has 116 valence electrons. The van der Waals surface area contributed by atoms with E-state index in [2.05, 4.69) is 15.4 Å². The van der Waals surface area contributed by atoms with Gasteiger partial charge in [0.2, 0.25) is 15.9 Å². The Hall–Kier alpha value is -0.660. The van der Waals surface area contributed by atoms with Gasteiger partial charge in [0.15, 0.2) is 0 Å². The van der Waals surface area contributed by atoms with Crippen molar-refractivity contribution < 1.29 is 13.2 Å². The van der Waals surface area contributed by atoms with Gasteiger partial charge in [-0.05, 0) is 44.1 Å². The van der Waals surface area contributed by atoms with Crippen molar-refractivity contribution in [1.82, 2.24) is 15.4 Å². The summed E-state index contributed by atoms with van der Waals surface area (Å²) in [5, 5.41) is 5.70. The van der Waals surface area contributed by atoms with Crippen LogP contribution in [0.2, 0.25) is 0 Å². The van der Waals surface area contributed by atoms with Crippen molar-refractivity contribution in [2.24, 2.45) is 11.8 Å². The summed E-state index contributed by atoms with van der Waals surface area (Å²) in [6.07, 6.45) is 5.94. The fourth-order valence-electron chi connectivity index (χ4n) is 2.11. The summed E-state index contributed by atoms with van der Waals surface area (Å²) in [7, 11) is -3.26. The van der Waals surface area contributed by atoms with Gasteiger partial charge in [-0.3, -0.25) is 4.79 Å². The first-order valence-corrected chi connectivity index (χ1v) is 9.15. The third-order valence-corrected chi connectivity index (χ3v) is 5.27. The smallest absolute Gasteiger partial charge is 0.233 e. The number of hydrogen-bond acceptors (Lipinski definition) is 4. The van der Waals surface area contributed by atoms with Crippen LogP contribution in [-0.2, 0) is 14.8 Å². The second kappa shape index (κ2) is 7.38. The molecule has 1 amide bonds. The van der Waals surface area contributed by atoms with Crippen LogP contribution in [0, 0.1) is 11.8 Å². The molecule has 0 aliphatic heterocycles. The molecular weight excluding hydrogens is 278 g/mol. The first-order chi connectivity index (χ1) is 9.55. The number of nitrogens with one attached hydrogen (secondary N) is 3. The Labute approximate surface area is 121 Å². The monoisotopic (exact) mass is 303 g/mol. The average Bonchev–Trinajstić information content (AvgIpc) is 3.10. The van der Waals surface area contributed by atoms with E-state index in [4.69, 9.17) is 0 Å². The predicted octanol–water partition coefficient (Wildman–Crippen LogP) is -0.178. The maximum absolute atomic E-state index is 11.7. The number of hydrogen-bond donors (Lipinski definition) is 3. The van der Waals surface area contributed by atoms with Gasteiger partial charge in [0.05, 0.1) is 12.3 Å². The van der Waals surface area contributed by atoms with Crippen LogP contribution in [-0.4, -0.2) is 46.3 Å². The summed E-state index contributed by atoms with van der Waals surface area (Å²) in [6.45, 7) is 1.86. The largest absolute Gasteiger partial charge is 0.354 e. The van der Waals surface area contributed by atoms with E-state index >= 15 is 0 Å². The van der Waals surface area contributed by atoms with E-state index in [1.165, 1.54) is 19.3 Å². The fourth-order valence-corrected chi connectivity index (χ4v) is 3.12. The van der Waals surface area contributed by atoms with E-state index in [1.807, 2.05) is 0 Å². The third-order valence-electron chi connectivity index (χ3n) is 3.93. The predicted molar refractivity (Wildman–Crippen MR) is 77.7 cm³/mol. The Morgan fingerprint density at radius 2 is 1.75 bits per heavy atom.